The van der Waals surface area contributed by atoms with Gasteiger partial charge in [-0.2, -0.15) is 0 Å². The van der Waals surface area contributed by atoms with Crippen LogP contribution in [-0.2, 0) is 16.1 Å². The van der Waals surface area contributed by atoms with Crippen LogP contribution in [0, 0.1) is 5.92 Å². The van der Waals surface area contributed by atoms with E-state index in [2.05, 4.69) is 5.32 Å². The Morgan fingerprint density at radius 1 is 1.19 bits per heavy atom. The first-order chi connectivity index (χ1) is 10.0. The summed E-state index contributed by atoms with van der Waals surface area (Å²) in [6.45, 7) is 6.48. The molecule has 1 saturated heterocycles. The number of benzene rings is 1. The predicted molar refractivity (Wildman–Crippen MR) is 82.5 cm³/mol. The number of amides is 2. The molecule has 1 aliphatic heterocycles. The number of rotatable bonds is 5. The van der Waals surface area contributed by atoms with E-state index in [9.17, 15) is 9.59 Å². The lowest BCUT2D eigenvalue weighted by Gasteiger charge is -2.41. The fourth-order valence-corrected chi connectivity index (χ4v) is 2.90. The van der Waals surface area contributed by atoms with Crippen LogP contribution in [-0.4, -0.2) is 28.8 Å². The summed E-state index contributed by atoms with van der Waals surface area (Å²) >= 11 is 0. The fraction of sp³-hybridized carbons (Fsp3) is 0.529. The number of carbonyl (C=O) groups excluding carboxylic acids is 2. The summed E-state index contributed by atoms with van der Waals surface area (Å²) in [6, 6.07) is 9.09. The minimum absolute atomic E-state index is 0.0287. The molecule has 1 aliphatic rings. The van der Waals surface area contributed by atoms with Crippen molar-refractivity contribution in [3.8, 4) is 0 Å². The number of hydrogen-bond acceptors (Lipinski definition) is 2. The van der Waals surface area contributed by atoms with Gasteiger partial charge in [0.1, 0.15) is 12.1 Å². The van der Waals surface area contributed by atoms with Crippen molar-refractivity contribution in [1.82, 2.24) is 10.2 Å². The minimum atomic E-state index is -0.384. The molecule has 0 aromatic heterocycles. The number of carbonyl (C=O) groups is 2. The zero-order valence-electron chi connectivity index (χ0n) is 13.0. The van der Waals surface area contributed by atoms with Crippen LogP contribution in [0.3, 0.4) is 0 Å². The van der Waals surface area contributed by atoms with Crippen molar-refractivity contribution in [3.63, 3.8) is 0 Å². The quantitative estimate of drug-likeness (QED) is 0.904. The summed E-state index contributed by atoms with van der Waals surface area (Å²) in [6.07, 6.45) is 1.57. The van der Waals surface area contributed by atoms with Crippen molar-refractivity contribution in [2.45, 2.75) is 52.2 Å². The Hall–Kier alpha value is -1.84. The lowest BCUT2D eigenvalue weighted by atomic mass is 9.95. The Balaban J connectivity index is 2.25. The smallest absolute Gasteiger partial charge is 0.246 e. The maximum absolute atomic E-state index is 12.7. The third-order valence-electron chi connectivity index (χ3n) is 3.91. The molecule has 2 amide bonds. The minimum Gasteiger partial charge on any atom is -0.342 e. The van der Waals surface area contributed by atoms with E-state index in [4.69, 9.17) is 0 Å². The van der Waals surface area contributed by atoms with Crippen LogP contribution in [0.4, 0.5) is 0 Å². The van der Waals surface area contributed by atoms with E-state index in [1.807, 2.05) is 51.1 Å². The van der Waals surface area contributed by atoms with Crippen LogP contribution in [0.5, 0.6) is 0 Å². The van der Waals surface area contributed by atoms with Crippen LogP contribution in [0.15, 0.2) is 30.3 Å². The maximum atomic E-state index is 12.7. The van der Waals surface area contributed by atoms with Crippen molar-refractivity contribution < 1.29 is 9.59 Å². The molecule has 114 valence electrons. The topological polar surface area (TPSA) is 49.4 Å². The van der Waals surface area contributed by atoms with Gasteiger partial charge in [0.25, 0.3) is 0 Å². The molecule has 0 aliphatic carbocycles. The monoisotopic (exact) mass is 288 g/mol. The molecule has 1 aromatic carbocycles. The van der Waals surface area contributed by atoms with Gasteiger partial charge in [0.2, 0.25) is 11.8 Å². The zero-order chi connectivity index (χ0) is 15.4. The molecule has 0 spiro atoms. The Labute approximate surface area is 126 Å². The van der Waals surface area contributed by atoms with Crippen LogP contribution in [0.25, 0.3) is 0 Å². The van der Waals surface area contributed by atoms with Gasteiger partial charge in [-0.05, 0) is 17.9 Å². The van der Waals surface area contributed by atoms with Crippen LogP contribution in [0.1, 0.15) is 39.2 Å². The Morgan fingerprint density at radius 2 is 1.86 bits per heavy atom. The van der Waals surface area contributed by atoms with Crippen LogP contribution in [0.2, 0.25) is 0 Å². The molecule has 1 heterocycles. The fourth-order valence-electron chi connectivity index (χ4n) is 2.90. The van der Waals surface area contributed by atoms with E-state index in [1.165, 1.54) is 0 Å². The first kappa shape index (κ1) is 15.5. The molecule has 2 atom stereocenters. The molecular formula is C17H24N2O2. The number of nitrogens with one attached hydrogen (secondary N) is 1. The number of piperazine rings is 1. The highest BCUT2D eigenvalue weighted by Gasteiger charge is 2.41. The second-order valence-electron chi connectivity index (χ2n) is 5.99. The third kappa shape index (κ3) is 3.43. The molecule has 2 unspecified atom stereocenters. The second-order valence-corrected chi connectivity index (χ2v) is 5.99. The number of nitrogens with zero attached hydrogens (tertiary/aromatic N) is 1. The van der Waals surface area contributed by atoms with Gasteiger partial charge in [-0.3, -0.25) is 9.59 Å². The molecule has 0 saturated carbocycles. The van der Waals surface area contributed by atoms with E-state index in [0.717, 1.165) is 12.0 Å². The summed E-state index contributed by atoms with van der Waals surface area (Å²) in [5, 5.41) is 2.88. The Bertz CT molecular complexity index is 499. The molecule has 2 rings (SSSR count). The van der Waals surface area contributed by atoms with Gasteiger partial charge in [-0.25, -0.2) is 0 Å². The van der Waals surface area contributed by atoms with Gasteiger partial charge in [0.15, 0.2) is 0 Å². The third-order valence-corrected chi connectivity index (χ3v) is 3.91. The van der Waals surface area contributed by atoms with E-state index in [0.29, 0.717) is 13.0 Å². The summed E-state index contributed by atoms with van der Waals surface area (Å²) in [4.78, 5) is 26.8. The molecule has 0 bridgehead atoms. The van der Waals surface area contributed by atoms with Crippen molar-refractivity contribution in [2.75, 3.05) is 0 Å². The Kier molecular flexibility index (Phi) is 4.99. The highest BCUT2D eigenvalue weighted by atomic mass is 16.2. The largest absolute Gasteiger partial charge is 0.342 e. The first-order valence-electron chi connectivity index (χ1n) is 7.69. The molecular weight excluding hydrogens is 264 g/mol. The normalized spacial score (nSPS) is 22.6. The van der Waals surface area contributed by atoms with Crippen molar-refractivity contribution in [3.05, 3.63) is 35.9 Å². The van der Waals surface area contributed by atoms with Crippen molar-refractivity contribution in [1.29, 1.82) is 0 Å². The molecule has 0 radical (unpaired) electrons. The van der Waals surface area contributed by atoms with Crippen molar-refractivity contribution >= 4 is 11.8 Å². The van der Waals surface area contributed by atoms with E-state index >= 15 is 0 Å². The lowest BCUT2D eigenvalue weighted by molar-refractivity contribution is -0.152. The van der Waals surface area contributed by atoms with Gasteiger partial charge in [0.05, 0.1) is 0 Å². The van der Waals surface area contributed by atoms with Gasteiger partial charge in [-0.1, -0.05) is 57.5 Å². The first-order valence-corrected chi connectivity index (χ1v) is 7.69. The average molecular weight is 288 g/mol. The van der Waals surface area contributed by atoms with E-state index in [-0.39, 0.29) is 29.8 Å². The summed E-state index contributed by atoms with van der Waals surface area (Å²) < 4.78 is 0. The number of hydrogen-bond donors (Lipinski definition) is 1. The highest BCUT2D eigenvalue weighted by Crippen LogP contribution is 2.21. The summed E-state index contributed by atoms with van der Waals surface area (Å²) in [7, 11) is 0. The lowest BCUT2D eigenvalue weighted by Crippen LogP contribution is -2.64. The summed E-state index contributed by atoms with van der Waals surface area (Å²) in [5.74, 6) is 0.109. The van der Waals surface area contributed by atoms with Gasteiger partial charge in [-0.15, -0.1) is 0 Å². The van der Waals surface area contributed by atoms with Crippen molar-refractivity contribution in [2.24, 2.45) is 5.92 Å². The highest BCUT2D eigenvalue weighted by molar-refractivity contribution is 5.97. The second kappa shape index (κ2) is 6.74. The average Bonchev–Trinajstić information content (AvgIpc) is 2.45. The van der Waals surface area contributed by atoms with E-state index in [1.54, 1.807) is 4.90 Å². The van der Waals surface area contributed by atoms with Crippen LogP contribution >= 0.6 is 0 Å². The molecule has 1 fully saturated rings. The van der Waals surface area contributed by atoms with Gasteiger partial charge in [0, 0.05) is 6.54 Å². The van der Waals surface area contributed by atoms with E-state index < -0.39 is 0 Å². The molecule has 1 aromatic rings. The van der Waals surface area contributed by atoms with Gasteiger partial charge < -0.3 is 10.2 Å². The van der Waals surface area contributed by atoms with Gasteiger partial charge >= 0.3 is 0 Å². The molecule has 4 nitrogen and oxygen atoms in total. The zero-order valence-corrected chi connectivity index (χ0v) is 13.0. The SMILES string of the molecule is CCCC1NC(=O)C(C(C)C)N(Cc2ccccc2)C1=O. The molecule has 1 N–H and O–H groups in total. The Morgan fingerprint density at radius 3 is 2.43 bits per heavy atom. The molecule has 4 heteroatoms. The van der Waals surface area contributed by atoms with Crippen LogP contribution < -0.4 is 5.32 Å². The summed E-state index contributed by atoms with van der Waals surface area (Å²) in [5.41, 5.74) is 1.06. The maximum Gasteiger partial charge on any atom is 0.246 e. The molecule has 21 heavy (non-hydrogen) atoms. The predicted octanol–water partition coefficient (Wildman–Crippen LogP) is 2.34. The standard InChI is InChI=1S/C17H24N2O2/c1-4-8-14-17(21)19(11-13-9-6-5-7-10-13)15(12(2)3)16(20)18-14/h5-7,9-10,12,14-15H,4,8,11H2,1-3H3,(H,18,20).